The molecule has 7 heteroatoms. The van der Waals surface area contributed by atoms with E-state index in [0.717, 1.165) is 0 Å². The van der Waals surface area contributed by atoms with Crippen LogP contribution >= 0.6 is 23.2 Å². The molecule has 0 fully saturated rings. The maximum absolute atomic E-state index is 11.5. The average molecular weight is 319 g/mol. The molecule has 0 saturated heterocycles. The first-order valence-corrected chi connectivity index (χ1v) is 6.78. The van der Waals surface area contributed by atoms with Gasteiger partial charge in [-0.05, 0) is 26.0 Å². The van der Waals surface area contributed by atoms with Gasteiger partial charge in [0.05, 0.1) is 11.6 Å². The lowest BCUT2D eigenvalue weighted by molar-refractivity contribution is -0.127. The molecule has 0 spiro atoms. The summed E-state index contributed by atoms with van der Waals surface area (Å²) in [4.78, 5) is 22.8. The molecule has 0 aliphatic carbocycles. The highest BCUT2D eigenvalue weighted by Gasteiger charge is 2.09. The number of ether oxygens (including phenoxy) is 1. The van der Waals surface area contributed by atoms with Crippen LogP contribution in [0.2, 0.25) is 10.0 Å². The number of hydrogen-bond acceptors (Lipinski definition) is 3. The van der Waals surface area contributed by atoms with E-state index in [1.165, 1.54) is 6.07 Å². The fraction of sp³-hybridized carbons (Fsp3) is 0.385. The third-order valence-corrected chi connectivity index (χ3v) is 2.70. The Hall–Kier alpha value is -1.46. The number of amides is 2. The Labute approximate surface area is 127 Å². The average Bonchev–Trinajstić information content (AvgIpc) is 2.36. The molecule has 20 heavy (non-hydrogen) atoms. The van der Waals surface area contributed by atoms with Gasteiger partial charge in [-0.1, -0.05) is 23.2 Å². The molecule has 0 radical (unpaired) electrons. The van der Waals surface area contributed by atoms with Gasteiger partial charge in [0, 0.05) is 17.1 Å². The van der Waals surface area contributed by atoms with Crippen molar-refractivity contribution in [3.8, 4) is 5.75 Å². The number of benzene rings is 1. The van der Waals surface area contributed by atoms with Crippen LogP contribution in [0, 0.1) is 0 Å². The lowest BCUT2D eigenvalue weighted by Gasteiger charge is -2.10. The maximum Gasteiger partial charge on any atom is 0.258 e. The van der Waals surface area contributed by atoms with Crippen LogP contribution in [-0.2, 0) is 9.59 Å². The minimum Gasteiger partial charge on any atom is -0.482 e. The van der Waals surface area contributed by atoms with Gasteiger partial charge in [0.1, 0.15) is 5.75 Å². The predicted molar refractivity (Wildman–Crippen MR) is 78.2 cm³/mol. The molecule has 1 rings (SSSR count). The van der Waals surface area contributed by atoms with Crippen molar-refractivity contribution in [1.29, 1.82) is 0 Å². The van der Waals surface area contributed by atoms with Crippen molar-refractivity contribution in [1.82, 2.24) is 10.6 Å². The van der Waals surface area contributed by atoms with Crippen LogP contribution in [0.5, 0.6) is 5.75 Å². The Morgan fingerprint density at radius 2 is 1.95 bits per heavy atom. The van der Waals surface area contributed by atoms with Crippen LogP contribution in [0.25, 0.3) is 0 Å². The van der Waals surface area contributed by atoms with Gasteiger partial charge in [-0.3, -0.25) is 9.59 Å². The van der Waals surface area contributed by atoms with Crippen molar-refractivity contribution in [3.05, 3.63) is 28.2 Å². The summed E-state index contributed by atoms with van der Waals surface area (Å²) < 4.78 is 5.23. The second kappa shape index (κ2) is 7.97. The van der Waals surface area contributed by atoms with Crippen molar-refractivity contribution >= 4 is 35.0 Å². The number of halogens is 2. The molecular formula is C13H16Cl2N2O3. The molecule has 110 valence electrons. The zero-order chi connectivity index (χ0) is 15.1. The molecule has 2 amide bonds. The van der Waals surface area contributed by atoms with E-state index in [4.69, 9.17) is 27.9 Å². The van der Waals surface area contributed by atoms with Gasteiger partial charge in [0.25, 0.3) is 5.91 Å². The summed E-state index contributed by atoms with van der Waals surface area (Å²) in [6.45, 7) is 3.34. The molecule has 5 nitrogen and oxygen atoms in total. The van der Waals surface area contributed by atoms with E-state index >= 15 is 0 Å². The number of carbonyl (C=O) groups excluding carboxylic acids is 2. The number of rotatable bonds is 6. The summed E-state index contributed by atoms with van der Waals surface area (Å²) in [7, 11) is 0. The summed E-state index contributed by atoms with van der Waals surface area (Å²) in [5.41, 5.74) is 0. The second-order valence-electron chi connectivity index (χ2n) is 4.36. The molecule has 1 aromatic rings. The smallest absolute Gasteiger partial charge is 0.258 e. The molecular weight excluding hydrogens is 303 g/mol. The van der Waals surface area contributed by atoms with Crippen LogP contribution in [0.4, 0.5) is 0 Å². The van der Waals surface area contributed by atoms with Crippen LogP contribution in [-0.4, -0.2) is 31.0 Å². The molecule has 0 aromatic heterocycles. The highest BCUT2D eigenvalue weighted by Crippen LogP contribution is 2.27. The van der Waals surface area contributed by atoms with E-state index in [-0.39, 0.29) is 25.1 Å². The summed E-state index contributed by atoms with van der Waals surface area (Å²) in [6, 6.07) is 4.74. The van der Waals surface area contributed by atoms with E-state index < -0.39 is 5.91 Å². The Morgan fingerprint density at radius 1 is 1.25 bits per heavy atom. The van der Waals surface area contributed by atoms with Crippen LogP contribution in [0.1, 0.15) is 13.8 Å². The summed E-state index contributed by atoms with van der Waals surface area (Å²) in [5, 5.41) is 5.92. The van der Waals surface area contributed by atoms with Crippen molar-refractivity contribution in [2.24, 2.45) is 0 Å². The number of hydrogen-bond donors (Lipinski definition) is 2. The first kappa shape index (κ1) is 16.6. The lowest BCUT2D eigenvalue weighted by Crippen LogP contribution is -2.41. The van der Waals surface area contributed by atoms with Crippen molar-refractivity contribution in [2.75, 3.05) is 13.2 Å². The summed E-state index contributed by atoms with van der Waals surface area (Å²) in [5.74, 6) is -0.352. The first-order chi connectivity index (χ1) is 9.38. The Bertz CT molecular complexity index is 493. The van der Waals surface area contributed by atoms with Gasteiger partial charge in [0.15, 0.2) is 6.61 Å². The highest BCUT2D eigenvalue weighted by atomic mass is 35.5. The predicted octanol–water partition coefficient (Wildman–Crippen LogP) is 2.01. The van der Waals surface area contributed by atoms with Gasteiger partial charge in [-0.2, -0.15) is 0 Å². The molecule has 0 bridgehead atoms. The first-order valence-electron chi connectivity index (χ1n) is 6.02. The molecule has 0 unspecified atom stereocenters. The molecule has 0 aliphatic rings. The fourth-order valence-electron chi connectivity index (χ4n) is 1.33. The Morgan fingerprint density at radius 3 is 2.60 bits per heavy atom. The minimum absolute atomic E-state index is 0.0286. The molecule has 0 atom stereocenters. The molecule has 0 saturated carbocycles. The number of nitrogens with one attached hydrogen (secondary N) is 2. The normalized spacial score (nSPS) is 10.2. The van der Waals surface area contributed by atoms with Crippen LogP contribution in [0.3, 0.4) is 0 Å². The van der Waals surface area contributed by atoms with E-state index in [1.807, 2.05) is 13.8 Å². The topological polar surface area (TPSA) is 67.4 Å². The van der Waals surface area contributed by atoms with Crippen molar-refractivity contribution < 1.29 is 14.3 Å². The van der Waals surface area contributed by atoms with E-state index in [1.54, 1.807) is 12.1 Å². The van der Waals surface area contributed by atoms with Gasteiger partial charge in [0.2, 0.25) is 5.91 Å². The molecule has 0 aliphatic heterocycles. The Kier molecular flexibility index (Phi) is 6.61. The SMILES string of the molecule is CC(C)NC(=O)CNC(=O)COc1cc(Cl)ccc1Cl. The van der Waals surface area contributed by atoms with E-state index in [9.17, 15) is 9.59 Å². The Balaban J connectivity index is 2.36. The fourth-order valence-corrected chi connectivity index (χ4v) is 1.67. The zero-order valence-corrected chi connectivity index (χ0v) is 12.7. The highest BCUT2D eigenvalue weighted by molar-refractivity contribution is 6.34. The van der Waals surface area contributed by atoms with Crippen molar-refractivity contribution in [2.45, 2.75) is 19.9 Å². The number of carbonyl (C=O) groups is 2. The monoisotopic (exact) mass is 318 g/mol. The third-order valence-electron chi connectivity index (χ3n) is 2.15. The minimum atomic E-state index is -0.417. The van der Waals surface area contributed by atoms with Crippen LogP contribution in [0.15, 0.2) is 18.2 Å². The van der Waals surface area contributed by atoms with Gasteiger partial charge in [-0.25, -0.2) is 0 Å². The van der Waals surface area contributed by atoms with Gasteiger partial charge >= 0.3 is 0 Å². The second-order valence-corrected chi connectivity index (χ2v) is 5.21. The summed E-state index contributed by atoms with van der Waals surface area (Å²) in [6.07, 6.45) is 0. The quantitative estimate of drug-likeness (QED) is 0.843. The van der Waals surface area contributed by atoms with E-state index in [2.05, 4.69) is 10.6 Å². The zero-order valence-electron chi connectivity index (χ0n) is 11.2. The standard InChI is InChI=1S/C13H16Cl2N2O3/c1-8(2)17-12(18)6-16-13(19)7-20-11-5-9(14)3-4-10(11)15/h3-5,8H,6-7H2,1-2H3,(H,16,19)(H,17,18). The third kappa shape index (κ3) is 6.12. The lowest BCUT2D eigenvalue weighted by atomic mass is 10.3. The van der Waals surface area contributed by atoms with Crippen LogP contribution < -0.4 is 15.4 Å². The molecule has 2 N–H and O–H groups in total. The van der Waals surface area contributed by atoms with Crippen molar-refractivity contribution in [3.63, 3.8) is 0 Å². The molecule has 0 heterocycles. The largest absolute Gasteiger partial charge is 0.482 e. The van der Waals surface area contributed by atoms with Gasteiger partial charge in [-0.15, -0.1) is 0 Å². The maximum atomic E-state index is 11.5. The van der Waals surface area contributed by atoms with E-state index in [0.29, 0.717) is 15.8 Å². The van der Waals surface area contributed by atoms with Gasteiger partial charge < -0.3 is 15.4 Å². The summed E-state index contributed by atoms with van der Waals surface area (Å²) >= 11 is 11.7. The molecule has 1 aromatic carbocycles.